The molecule has 0 aromatic heterocycles. The van der Waals surface area contributed by atoms with Crippen LogP contribution in [0.5, 0.6) is 0 Å². The van der Waals surface area contributed by atoms with Gasteiger partial charge in [0.1, 0.15) is 0 Å². The van der Waals surface area contributed by atoms with Gasteiger partial charge in [-0.25, -0.2) is 4.79 Å². The van der Waals surface area contributed by atoms with Crippen molar-refractivity contribution in [3.05, 3.63) is 0 Å². The second kappa shape index (κ2) is 5.53. The van der Waals surface area contributed by atoms with Crippen LogP contribution in [0.2, 0.25) is 0 Å². The second-order valence-corrected chi connectivity index (χ2v) is 4.90. The normalized spacial score (nSPS) is 31.3. The van der Waals surface area contributed by atoms with Crippen molar-refractivity contribution >= 4 is 6.09 Å². The van der Waals surface area contributed by atoms with Gasteiger partial charge in [0.2, 0.25) is 0 Å². The Morgan fingerprint density at radius 3 is 2.69 bits per heavy atom. The van der Waals surface area contributed by atoms with Crippen molar-refractivity contribution in [2.75, 3.05) is 26.3 Å². The van der Waals surface area contributed by atoms with E-state index < -0.39 is 0 Å². The Balaban J connectivity index is 1.88. The molecular weight excluding hydrogens is 206 g/mol. The molecule has 0 aromatic carbocycles. The zero-order valence-electron chi connectivity index (χ0n) is 9.73. The van der Waals surface area contributed by atoms with Gasteiger partial charge in [-0.1, -0.05) is 12.8 Å². The molecule has 2 unspecified atom stereocenters. The molecule has 0 aromatic rings. The van der Waals surface area contributed by atoms with Gasteiger partial charge in [0.05, 0.1) is 6.61 Å². The summed E-state index contributed by atoms with van der Waals surface area (Å²) in [5.41, 5.74) is 0. The number of hydrogen-bond donors (Lipinski definition) is 1. The van der Waals surface area contributed by atoms with E-state index in [9.17, 15) is 9.90 Å². The molecular formula is C12H21NO3. The Hall–Kier alpha value is -0.770. The van der Waals surface area contributed by atoms with Crippen molar-refractivity contribution in [3.8, 4) is 0 Å². The first-order valence-electron chi connectivity index (χ1n) is 6.34. The first-order valence-corrected chi connectivity index (χ1v) is 6.34. The molecule has 1 heterocycles. The summed E-state index contributed by atoms with van der Waals surface area (Å²) in [4.78, 5) is 13.3. The average Bonchev–Trinajstić information content (AvgIpc) is 2.33. The molecule has 92 valence electrons. The van der Waals surface area contributed by atoms with E-state index in [1.54, 1.807) is 0 Å². The van der Waals surface area contributed by atoms with Crippen LogP contribution in [-0.4, -0.2) is 42.4 Å². The van der Waals surface area contributed by atoms with Crippen molar-refractivity contribution in [2.24, 2.45) is 11.8 Å². The predicted molar refractivity (Wildman–Crippen MR) is 60.1 cm³/mol. The van der Waals surface area contributed by atoms with Crippen molar-refractivity contribution in [1.29, 1.82) is 0 Å². The summed E-state index contributed by atoms with van der Waals surface area (Å²) in [6.45, 7) is 2.40. The molecule has 1 saturated carbocycles. The van der Waals surface area contributed by atoms with Crippen LogP contribution in [0, 0.1) is 11.8 Å². The van der Waals surface area contributed by atoms with E-state index in [-0.39, 0.29) is 12.7 Å². The maximum Gasteiger partial charge on any atom is 0.409 e. The number of aliphatic hydroxyl groups is 1. The van der Waals surface area contributed by atoms with Crippen LogP contribution in [0.1, 0.15) is 32.1 Å². The quantitative estimate of drug-likeness (QED) is 0.797. The Bertz CT molecular complexity index is 244. The highest BCUT2D eigenvalue weighted by molar-refractivity contribution is 5.68. The Labute approximate surface area is 96.6 Å². The lowest BCUT2D eigenvalue weighted by Crippen LogP contribution is -2.43. The average molecular weight is 227 g/mol. The van der Waals surface area contributed by atoms with Gasteiger partial charge in [0.15, 0.2) is 0 Å². The Morgan fingerprint density at radius 2 is 2.00 bits per heavy atom. The number of carbonyl (C=O) groups excluding carboxylic acids is 1. The van der Waals surface area contributed by atoms with Gasteiger partial charge >= 0.3 is 6.09 Å². The zero-order valence-corrected chi connectivity index (χ0v) is 9.73. The van der Waals surface area contributed by atoms with Crippen molar-refractivity contribution in [1.82, 2.24) is 4.90 Å². The minimum absolute atomic E-state index is 0.173. The first-order chi connectivity index (χ1) is 7.81. The predicted octanol–water partition coefficient (Wildman–Crippen LogP) is 1.63. The lowest BCUT2D eigenvalue weighted by atomic mass is 9.79. The number of cyclic esters (lactones) is 1. The maximum atomic E-state index is 11.5. The molecule has 1 N–H and O–H groups in total. The number of aliphatic hydroxyl groups excluding tert-OH is 1. The monoisotopic (exact) mass is 227 g/mol. The maximum absolute atomic E-state index is 11.5. The first kappa shape index (κ1) is 11.7. The third-order valence-corrected chi connectivity index (χ3v) is 3.81. The summed E-state index contributed by atoms with van der Waals surface area (Å²) in [6, 6.07) is 0. The van der Waals surface area contributed by atoms with Crippen LogP contribution in [0.15, 0.2) is 0 Å². The van der Waals surface area contributed by atoms with Crippen LogP contribution in [0.25, 0.3) is 0 Å². The number of hydrogen-bond acceptors (Lipinski definition) is 3. The third-order valence-electron chi connectivity index (χ3n) is 3.81. The molecule has 2 fully saturated rings. The third kappa shape index (κ3) is 2.67. The fourth-order valence-electron chi connectivity index (χ4n) is 2.81. The molecule has 1 saturated heterocycles. The summed E-state index contributed by atoms with van der Waals surface area (Å²) in [5, 5.41) is 9.32. The lowest BCUT2D eigenvalue weighted by molar-refractivity contribution is 0.0482. The van der Waals surface area contributed by atoms with Crippen LogP contribution < -0.4 is 0 Å². The van der Waals surface area contributed by atoms with E-state index in [4.69, 9.17) is 4.74 Å². The number of nitrogens with zero attached hydrogens (tertiary/aromatic N) is 1. The van der Waals surface area contributed by atoms with E-state index in [1.165, 1.54) is 12.8 Å². The highest BCUT2D eigenvalue weighted by atomic mass is 16.6. The highest BCUT2D eigenvalue weighted by Gasteiger charge is 2.29. The summed E-state index contributed by atoms with van der Waals surface area (Å²) in [7, 11) is 0. The van der Waals surface area contributed by atoms with Crippen LogP contribution in [-0.2, 0) is 4.74 Å². The van der Waals surface area contributed by atoms with Gasteiger partial charge in [-0.05, 0) is 31.1 Å². The minimum Gasteiger partial charge on any atom is -0.449 e. The standard InChI is InChI=1S/C12H21NO3/c14-9-11-5-2-1-4-10(11)8-13-6-3-7-16-12(13)15/h10-11,14H,1-9H2. The van der Waals surface area contributed by atoms with E-state index >= 15 is 0 Å². The Kier molecular flexibility index (Phi) is 4.04. The van der Waals surface area contributed by atoms with Crippen LogP contribution in [0.3, 0.4) is 0 Å². The minimum atomic E-state index is -0.173. The molecule has 0 spiro atoms. The number of amides is 1. The molecule has 4 heteroatoms. The smallest absolute Gasteiger partial charge is 0.409 e. The molecule has 2 aliphatic rings. The van der Waals surface area contributed by atoms with Gasteiger partial charge < -0.3 is 14.7 Å². The van der Waals surface area contributed by atoms with Gasteiger partial charge in [0.25, 0.3) is 0 Å². The number of ether oxygens (including phenoxy) is 1. The van der Waals surface area contributed by atoms with Gasteiger partial charge in [0, 0.05) is 19.7 Å². The number of carbonyl (C=O) groups is 1. The summed E-state index contributed by atoms with van der Waals surface area (Å²) < 4.78 is 5.03. The fourth-order valence-corrected chi connectivity index (χ4v) is 2.81. The van der Waals surface area contributed by atoms with Crippen molar-refractivity contribution in [3.63, 3.8) is 0 Å². The largest absolute Gasteiger partial charge is 0.449 e. The van der Waals surface area contributed by atoms with Gasteiger partial charge in [-0.3, -0.25) is 0 Å². The van der Waals surface area contributed by atoms with Crippen molar-refractivity contribution in [2.45, 2.75) is 32.1 Å². The van der Waals surface area contributed by atoms with Gasteiger partial charge in [-0.2, -0.15) is 0 Å². The fraction of sp³-hybridized carbons (Fsp3) is 0.917. The molecule has 0 radical (unpaired) electrons. The second-order valence-electron chi connectivity index (χ2n) is 4.90. The number of rotatable bonds is 3. The molecule has 2 rings (SSSR count). The molecule has 4 nitrogen and oxygen atoms in total. The van der Waals surface area contributed by atoms with Crippen LogP contribution >= 0.6 is 0 Å². The Morgan fingerprint density at radius 1 is 1.25 bits per heavy atom. The van der Waals surface area contributed by atoms with E-state index in [0.29, 0.717) is 18.4 Å². The molecule has 1 aliphatic carbocycles. The molecule has 0 bridgehead atoms. The topological polar surface area (TPSA) is 49.8 Å². The van der Waals surface area contributed by atoms with Gasteiger partial charge in [-0.15, -0.1) is 0 Å². The lowest BCUT2D eigenvalue weighted by Gasteiger charge is -2.35. The summed E-state index contributed by atoms with van der Waals surface area (Å²) >= 11 is 0. The van der Waals surface area contributed by atoms with Crippen molar-refractivity contribution < 1.29 is 14.6 Å². The highest BCUT2D eigenvalue weighted by Crippen LogP contribution is 2.30. The zero-order chi connectivity index (χ0) is 11.4. The molecule has 16 heavy (non-hydrogen) atoms. The SMILES string of the molecule is O=C1OCCCN1CC1CCCCC1CO. The van der Waals surface area contributed by atoms with E-state index in [0.717, 1.165) is 32.4 Å². The molecule has 1 amide bonds. The molecule has 1 aliphatic heterocycles. The summed E-state index contributed by atoms with van der Waals surface area (Å²) in [5.74, 6) is 0.841. The van der Waals surface area contributed by atoms with E-state index in [1.807, 2.05) is 4.90 Å². The molecule has 2 atom stereocenters. The summed E-state index contributed by atoms with van der Waals surface area (Å²) in [6.07, 6.45) is 5.44. The van der Waals surface area contributed by atoms with E-state index in [2.05, 4.69) is 0 Å². The van der Waals surface area contributed by atoms with Crippen LogP contribution in [0.4, 0.5) is 4.79 Å².